The number of aliphatic imine (C=N–C) groups is 1. The molecule has 6 heteroatoms. The van der Waals surface area contributed by atoms with Crippen molar-refractivity contribution < 1.29 is 4.79 Å². The SMILES string of the molecule is CC(=NCc1ccc(=O)[nH]c1)NC(N)=O. The molecule has 6 nitrogen and oxygen atoms in total. The fraction of sp³-hybridized carbons (Fsp3) is 0.222. The second-order valence-electron chi connectivity index (χ2n) is 2.95. The van der Waals surface area contributed by atoms with Crippen LogP contribution < -0.4 is 16.6 Å². The lowest BCUT2D eigenvalue weighted by Crippen LogP contribution is -2.33. The molecular weight excluding hydrogens is 196 g/mol. The number of carbonyl (C=O) groups is 1. The summed E-state index contributed by atoms with van der Waals surface area (Å²) >= 11 is 0. The lowest BCUT2D eigenvalue weighted by molar-refractivity contribution is 0.253. The van der Waals surface area contributed by atoms with Gasteiger partial charge >= 0.3 is 6.03 Å². The molecular formula is C9H12N4O2. The van der Waals surface area contributed by atoms with E-state index in [0.717, 1.165) is 5.56 Å². The smallest absolute Gasteiger partial charge is 0.317 e. The first kappa shape index (κ1) is 11.0. The van der Waals surface area contributed by atoms with E-state index in [-0.39, 0.29) is 5.56 Å². The van der Waals surface area contributed by atoms with Gasteiger partial charge < -0.3 is 10.7 Å². The van der Waals surface area contributed by atoms with Crippen LogP contribution in [0.1, 0.15) is 12.5 Å². The average molecular weight is 208 g/mol. The first-order valence-corrected chi connectivity index (χ1v) is 4.33. The van der Waals surface area contributed by atoms with Gasteiger partial charge in [0.25, 0.3) is 0 Å². The van der Waals surface area contributed by atoms with Crippen molar-refractivity contribution in [2.75, 3.05) is 0 Å². The van der Waals surface area contributed by atoms with Crippen molar-refractivity contribution in [3.05, 3.63) is 34.2 Å². The Morgan fingerprint density at radius 2 is 2.33 bits per heavy atom. The van der Waals surface area contributed by atoms with E-state index >= 15 is 0 Å². The molecule has 4 N–H and O–H groups in total. The lowest BCUT2D eigenvalue weighted by atomic mass is 10.3. The van der Waals surface area contributed by atoms with Crippen molar-refractivity contribution in [2.24, 2.45) is 10.7 Å². The molecule has 0 radical (unpaired) electrons. The predicted octanol–water partition coefficient (Wildman–Crippen LogP) is -0.0384. The van der Waals surface area contributed by atoms with Gasteiger partial charge in [-0.3, -0.25) is 15.1 Å². The van der Waals surface area contributed by atoms with E-state index in [0.29, 0.717) is 12.4 Å². The second-order valence-corrected chi connectivity index (χ2v) is 2.95. The fourth-order valence-electron chi connectivity index (χ4n) is 0.969. The van der Waals surface area contributed by atoms with Crippen LogP contribution in [0.5, 0.6) is 0 Å². The molecule has 2 amide bonds. The molecule has 0 unspecified atom stereocenters. The molecule has 0 fully saturated rings. The number of aromatic amines is 1. The number of urea groups is 1. The van der Waals surface area contributed by atoms with Crippen LogP contribution in [0.4, 0.5) is 4.79 Å². The van der Waals surface area contributed by atoms with E-state index < -0.39 is 6.03 Å². The molecule has 0 bridgehead atoms. The highest BCUT2D eigenvalue weighted by Gasteiger charge is 1.95. The molecule has 0 atom stereocenters. The topological polar surface area (TPSA) is 100 Å². The van der Waals surface area contributed by atoms with Crippen LogP contribution in [0.2, 0.25) is 0 Å². The minimum absolute atomic E-state index is 0.158. The van der Waals surface area contributed by atoms with Gasteiger partial charge in [-0.05, 0) is 12.5 Å². The van der Waals surface area contributed by atoms with Gasteiger partial charge in [-0.2, -0.15) is 0 Å². The fourth-order valence-corrected chi connectivity index (χ4v) is 0.969. The van der Waals surface area contributed by atoms with Crippen LogP contribution in [0, 0.1) is 0 Å². The standard InChI is InChI=1S/C9H12N4O2/c1-6(13-9(10)15)11-4-7-2-3-8(14)12-5-7/h2-3,5H,4H2,1H3,(H,12,14)(H3,10,11,13,15). The van der Waals surface area contributed by atoms with Crippen molar-refractivity contribution in [3.8, 4) is 0 Å². The van der Waals surface area contributed by atoms with Crippen LogP contribution in [-0.2, 0) is 6.54 Å². The molecule has 0 aliphatic carbocycles. The summed E-state index contributed by atoms with van der Waals surface area (Å²) in [7, 11) is 0. The number of hydrogen-bond donors (Lipinski definition) is 3. The number of nitrogens with one attached hydrogen (secondary N) is 2. The summed E-state index contributed by atoms with van der Waals surface area (Å²) in [6, 6.07) is 2.44. The average Bonchev–Trinajstić information content (AvgIpc) is 2.16. The summed E-state index contributed by atoms with van der Waals surface area (Å²) in [4.78, 5) is 27.8. The first-order valence-electron chi connectivity index (χ1n) is 4.33. The highest BCUT2D eigenvalue weighted by molar-refractivity contribution is 5.95. The zero-order valence-electron chi connectivity index (χ0n) is 8.28. The number of nitrogens with zero attached hydrogens (tertiary/aromatic N) is 1. The third-order valence-corrected chi connectivity index (χ3v) is 1.65. The maximum Gasteiger partial charge on any atom is 0.317 e. The second kappa shape index (κ2) is 4.94. The number of aromatic nitrogens is 1. The minimum atomic E-state index is -0.641. The summed E-state index contributed by atoms with van der Waals surface area (Å²) in [5.74, 6) is 0.439. The zero-order valence-corrected chi connectivity index (χ0v) is 8.28. The molecule has 80 valence electrons. The molecule has 0 aliphatic rings. The quantitative estimate of drug-likeness (QED) is 0.469. The van der Waals surface area contributed by atoms with Crippen molar-refractivity contribution >= 4 is 11.9 Å². The highest BCUT2D eigenvalue weighted by Crippen LogP contribution is 1.95. The van der Waals surface area contributed by atoms with E-state index in [9.17, 15) is 9.59 Å². The van der Waals surface area contributed by atoms with Crippen LogP contribution >= 0.6 is 0 Å². The van der Waals surface area contributed by atoms with Crippen molar-refractivity contribution in [1.82, 2.24) is 10.3 Å². The summed E-state index contributed by atoms with van der Waals surface area (Å²) in [5, 5.41) is 2.34. The molecule has 0 aliphatic heterocycles. The number of hydrogen-bond acceptors (Lipinski definition) is 3. The summed E-state index contributed by atoms with van der Waals surface area (Å²) in [6.45, 7) is 2.01. The maximum atomic E-state index is 10.7. The Bertz CT molecular complexity index is 415. The maximum absolute atomic E-state index is 10.7. The van der Waals surface area contributed by atoms with Crippen LogP contribution in [0.25, 0.3) is 0 Å². The van der Waals surface area contributed by atoms with E-state index in [2.05, 4.69) is 15.3 Å². The number of amides is 2. The van der Waals surface area contributed by atoms with E-state index in [1.54, 1.807) is 19.2 Å². The van der Waals surface area contributed by atoms with Gasteiger partial charge in [-0.25, -0.2) is 4.79 Å². The molecule has 15 heavy (non-hydrogen) atoms. The third-order valence-electron chi connectivity index (χ3n) is 1.65. The molecule has 1 aromatic rings. The van der Waals surface area contributed by atoms with Crippen molar-refractivity contribution in [1.29, 1.82) is 0 Å². The Balaban J connectivity index is 2.59. The number of amidine groups is 1. The van der Waals surface area contributed by atoms with Gasteiger partial charge in [0.2, 0.25) is 5.56 Å². The van der Waals surface area contributed by atoms with E-state index in [4.69, 9.17) is 5.73 Å². The molecule has 0 saturated heterocycles. The monoisotopic (exact) mass is 208 g/mol. The van der Waals surface area contributed by atoms with Crippen LogP contribution in [0.15, 0.2) is 28.1 Å². The molecule has 1 aromatic heterocycles. The largest absolute Gasteiger partial charge is 0.351 e. The predicted molar refractivity (Wildman–Crippen MR) is 56.6 cm³/mol. The Hall–Kier alpha value is -2.11. The Morgan fingerprint density at radius 3 is 2.87 bits per heavy atom. The van der Waals surface area contributed by atoms with Gasteiger partial charge in [0, 0.05) is 12.3 Å². The minimum Gasteiger partial charge on any atom is -0.351 e. The Kier molecular flexibility index (Phi) is 3.61. The lowest BCUT2D eigenvalue weighted by Gasteiger charge is -2.00. The molecule has 0 saturated carbocycles. The van der Waals surface area contributed by atoms with E-state index in [1.165, 1.54) is 6.07 Å². The number of nitrogens with two attached hydrogens (primary N) is 1. The number of H-pyrrole nitrogens is 1. The molecule has 0 aromatic carbocycles. The van der Waals surface area contributed by atoms with Crippen LogP contribution in [-0.4, -0.2) is 16.9 Å². The third kappa shape index (κ3) is 4.08. The molecule has 0 spiro atoms. The summed E-state index contributed by atoms with van der Waals surface area (Å²) in [5.41, 5.74) is 5.59. The first-order chi connectivity index (χ1) is 7.08. The molecule has 1 heterocycles. The van der Waals surface area contributed by atoms with Crippen molar-refractivity contribution in [3.63, 3.8) is 0 Å². The van der Waals surface area contributed by atoms with Gasteiger partial charge in [0.05, 0.1) is 6.54 Å². The highest BCUT2D eigenvalue weighted by atomic mass is 16.2. The number of pyridine rings is 1. The van der Waals surface area contributed by atoms with Crippen molar-refractivity contribution in [2.45, 2.75) is 13.5 Å². The summed E-state index contributed by atoms with van der Waals surface area (Å²) < 4.78 is 0. The van der Waals surface area contributed by atoms with E-state index in [1.807, 2.05) is 0 Å². The van der Waals surface area contributed by atoms with Crippen LogP contribution in [0.3, 0.4) is 0 Å². The zero-order chi connectivity index (χ0) is 11.3. The van der Waals surface area contributed by atoms with Gasteiger partial charge in [0.15, 0.2) is 0 Å². The number of carbonyl (C=O) groups excluding carboxylic acids is 1. The Labute approximate surface area is 86.2 Å². The number of rotatable bonds is 2. The normalized spacial score (nSPS) is 11.1. The van der Waals surface area contributed by atoms with Gasteiger partial charge in [-0.1, -0.05) is 6.07 Å². The summed E-state index contributed by atoms with van der Waals surface area (Å²) in [6.07, 6.45) is 1.57. The number of primary amides is 1. The Morgan fingerprint density at radius 1 is 1.60 bits per heavy atom. The van der Waals surface area contributed by atoms with Gasteiger partial charge in [0.1, 0.15) is 5.84 Å². The van der Waals surface area contributed by atoms with Gasteiger partial charge in [-0.15, -0.1) is 0 Å². The molecule has 1 rings (SSSR count).